The van der Waals surface area contributed by atoms with E-state index in [2.05, 4.69) is 10.2 Å². The van der Waals surface area contributed by atoms with Crippen LogP contribution in [0.15, 0.2) is 0 Å². The molecule has 0 aromatic rings. The van der Waals surface area contributed by atoms with Crippen LogP contribution in [0.25, 0.3) is 0 Å². The predicted molar refractivity (Wildman–Crippen MR) is 53.0 cm³/mol. The Morgan fingerprint density at radius 3 is 2.71 bits per heavy atom. The molecule has 3 aliphatic rings. The number of ether oxygens (including phenoxy) is 1. The first kappa shape index (κ1) is 9.93. The van der Waals surface area contributed by atoms with Crippen LogP contribution in [-0.4, -0.2) is 50.2 Å². The molecule has 0 aromatic carbocycles. The first-order valence-corrected chi connectivity index (χ1v) is 5.30. The Bertz CT molecular complexity index is 212. The minimum Gasteiger partial charge on any atom is -0.375 e. The van der Waals surface area contributed by atoms with Crippen molar-refractivity contribution in [3.05, 3.63) is 0 Å². The van der Waals surface area contributed by atoms with Crippen molar-refractivity contribution in [1.82, 2.24) is 10.2 Å². The molecule has 80 valence electrons. The molecular formula is C10H18N2O2. The lowest BCUT2D eigenvalue weighted by Crippen LogP contribution is -2.57. The van der Waals surface area contributed by atoms with E-state index in [0.29, 0.717) is 12.0 Å². The van der Waals surface area contributed by atoms with Gasteiger partial charge in [0, 0.05) is 19.7 Å². The van der Waals surface area contributed by atoms with Crippen LogP contribution in [0.5, 0.6) is 0 Å². The maximum atomic E-state index is 11.3. The lowest BCUT2D eigenvalue weighted by Gasteiger charge is -2.44. The standard InChI is InChI=1S/C10H18N2O2/c1-14-7-10(13)11-9-6-12-4-2-8(9)3-5-12/h8-9H,2-7H2,1H3,(H,11,13). The second-order valence-corrected chi connectivity index (χ2v) is 4.25. The Morgan fingerprint density at radius 1 is 1.50 bits per heavy atom. The van der Waals surface area contributed by atoms with E-state index in [1.165, 1.54) is 25.9 Å². The fourth-order valence-corrected chi connectivity index (χ4v) is 2.51. The fraction of sp³-hybridized carbons (Fsp3) is 0.900. The van der Waals surface area contributed by atoms with Gasteiger partial charge >= 0.3 is 0 Å². The van der Waals surface area contributed by atoms with Gasteiger partial charge in [0.05, 0.1) is 0 Å². The Hall–Kier alpha value is -0.610. The van der Waals surface area contributed by atoms with E-state index in [9.17, 15) is 4.79 Å². The monoisotopic (exact) mass is 198 g/mol. The smallest absolute Gasteiger partial charge is 0.246 e. The molecule has 1 N–H and O–H groups in total. The van der Waals surface area contributed by atoms with Crippen molar-refractivity contribution in [3.8, 4) is 0 Å². The molecule has 0 saturated carbocycles. The summed E-state index contributed by atoms with van der Waals surface area (Å²) in [6.45, 7) is 3.63. The number of amides is 1. The summed E-state index contributed by atoms with van der Waals surface area (Å²) in [5.41, 5.74) is 0. The van der Waals surface area contributed by atoms with Gasteiger partial charge in [0.2, 0.25) is 5.91 Å². The lowest BCUT2D eigenvalue weighted by atomic mass is 9.84. The van der Waals surface area contributed by atoms with Gasteiger partial charge in [-0.25, -0.2) is 0 Å². The van der Waals surface area contributed by atoms with E-state index in [-0.39, 0.29) is 12.5 Å². The topological polar surface area (TPSA) is 41.6 Å². The van der Waals surface area contributed by atoms with Crippen LogP contribution in [0.3, 0.4) is 0 Å². The molecule has 4 heteroatoms. The number of rotatable bonds is 3. The SMILES string of the molecule is COCC(=O)NC1CN2CCC1CC2. The molecular weight excluding hydrogens is 180 g/mol. The summed E-state index contributed by atoms with van der Waals surface area (Å²) >= 11 is 0. The summed E-state index contributed by atoms with van der Waals surface area (Å²) in [7, 11) is 1.55. The summed E-state index contributed by atoms with van der Waals surface area (Å²) in [5, 5.41) is 3.05. The Morgan fingerprint density at radius 2 is 2.21 bits per heavy atom. The van der Waals surface area contributed by atoms with Crippen molar-refractivity contribution in [1.29, 1.82) is 0 Å². The van der Waals surface area contributed by atoms with Crippen LogP contribution < -0.4 is 5.32 Å². The highest BCUT2D eigenvalue weighted by Crippen LogP contribution is 2.27. The second-order valence-electron chi connectivity index (χ2n) is 4.25. The number of piperidine rings is 3. The molecule has 0 aromatic heterocycles. The van der Waals surface area contributed by atoms with Crippen LogP contribution in [0, 0.1) is 5.92 Å². The third-order valence-electron chi connectivity index (χ3n) is 3.28. The van der Waals surface area contributed by atoms with Crippen molar-refractivity contribution in [2.45, 2.75) is 18.9 Å². The number of nitrogens with zero attached hydrogens (tertiary/aromatic N) is 1. The van der Waals surface area contributed by atoms with Gasteiger partial charge in [0.1, 0.15) is 6.61 Å². The zero-order valence-corrected chi connectivity index (χ0v) is 8.66. The van der Waals surface area contributed by atoms with Crippen LogP contribution in [-0.2, 0) is 9.53 Å². The number of methoxy groups -OCH3 is 1. The van der Waals surface area contributed by atoms with Gasteiger partial charge in [-0.3, -0.25) is 4.79 Å². The molecule has 4 nitrogen and oxygen atoms in total. The van der Waals surface area contributed by atoms with Crippen molar-refractivity contribution in [2.75, 3.05) is 33.4 Å². The van der Waals surface area contributed by atoms with Gasteiger partial charge in [-0.05, 0) is 31.8 Å². The van der Waals surface area contributed by atoms with E-state index in [1.54, 1.807) is 7.11 Å². The lowest BCUT2D eigenvalue weighted by molar-refractivity contribution is -0.126. The van der Waals surface area contributed by atoms with E-state index in [4.69, 9.17) is 4.74 Å². The Labute approximate surface area is 84.6 Å². The maximum Gasteiger partial charge on any atom is 0.246 e. The highest BCUT2D eigenvalue weighted by Gasteiger charge is 2.34. The molecule has 1 amide bonds. The third kappa shape index (κ3) is 2.07. The van der Waals surface area contributed by atoms with Gasteiger partial charge in [0.15, 0.2) is 0 Å². The first-order chi connectivity index (χ1) is 6.79. The van der Waals surface area contributed by atoms with Gasteiger partial charge in [-0.1, -0.05) is 0 Å². The number of carbonyl (C=O) groups excluding carboxylic acids is 1. The molecule has 3 rings (SSSR count). The number of carbonyl (C=O) groups is 1. The molecule has 1 atom stereocenters. The van der Waals surface area contributed by atoms with Crippen molar-refractivity contribution in [2.24, 2.45) is 5.92 Å². The van der Waals surface area contributed by atoms with E-state index in [0.717, 1.165) is 6.54 Å². The van der Waals surface area contributed by atoms with E-state index >= 15 is 0 Å². The summed E-state index contributed by atoms with van der Waals surface area (Å²) in [6, 6.07) is 0.361. The molecule has 3 aliphatic heterocycles. The zero-order chi connectivity index (χ0) is 9.97. The summed E-state index contributed by atoms with van der Waals surface area (Å²) in [4.78, 5) is 13.8. The van der Waals surface area contributed by atoms with Crippen LogP contribution in [0.1, 0.15) is 12.8 Å². The molecule has 0 radical (unpaired) electrons. The second kappa shape index (κ2) is 4.28. The van der Waals surface area contributed by atoms with Crippen LogP contribution >= 0.6 is 0 Å². The van der Waals surface area contributed by atoms with Crippen molar-refractivity contribution < 1.29 is 9.53 Å². The average molecular weight is 198 g/mol. The molecule has 1 unspecified atom stereocenters. The summed E-state index contributed by atoms with van der Waals surface area (Å²) in [5.74, 6) is 0.715. The third-order valence-corrected chi connectivity index (χ3v) is 3.28. The minimum absolute atomic E-state index is 0.0197. The molecule has 0 aliphatic carbocycles. The normalized spacial score (nSPS) is 35.6. The fourth-order valence-electron chi connectivity index (χ4n) is 2.51. The van der Waals surface area contributed by atoms with Gasteiger partial charge in [0.25, 0.3) is 0 Å². The minimum atomic E-state index is 0.0197. The molecule has 3 saturated heterocycles. The van der Waals surface area contributed by atoms with E-state index < -0.39 is 0 Å². The summed E-state index contributed by atoms with van der Waals surface area (Å²) in [6.07, 6.45) is 2.47. The first-order valence-electron chi connectivity index (χ1n) is 5.30. The number of hydrogen-bond donors (Lipinski definition) is 1. The number of hydrogen-bond acceptors (Lipinski definition) is 3. The van der Waals surface area contributed by atoms with Gasteiger partial charge < -0.3 is 15.0 Å². The molecule has 3 heterocycles. The Kier molecular flexibility index (Phi) is 3.03. The number of fused-ring (bicyclic) bond motifs is 3. The van der Waals surface area contributed by atoms with Crippen molar-refractivity contribution in [3.63, 3.8) is 0 Å². The molecule has 2 bridgehead atoms. The van der Waals surface area contributed by atoms with Gasteiger partial charge in [-0.15, -0.1) is 0 Å². The molecule has 3 fully saturated rings. The maximum absolute atomic E-state index is 11.3. The van der Waals surface area contributed by atoms with Crippen molar-refractivity contribution >= 4 is 5.91 Å². The predicted octanol–water partition coefficient (Wildman–Crippen LogP) is -0.157. The highest BCUT2D eigenvalue weighted by molar-refractivity contribution is 5.77. The van der Waals surface area contributed by atoms with E-state index in [1.807, 2.05) is 0 Å². The summed E-state index contributed by atoms with van der Waals surface area (Å²) < 4.78 is 4.80. The molecule has 0 spiro atoms. The quantitative estimate of drug-likeness (QED) is 0.685. The number of nitrogens with one attached hydrogen (secondary N) is 1. The largest absolute Gasteiger partial charge is 0.375 e. The van der Waals surface area contributed by atoms with Gasteiger partial charge in [-0.2, -0.15) is 0 Å². The van der Waals surface area contributed by atoms with Crippen LogP contribution in [0.2, 0.25) is 0 Å². The highest BCUT2D eigenvalue weighted by atomic mass is 16.5. The molecule has 14 heavy (non-hydrogen) atoms. The average Bonchev–Trinajstić information content (AvgIpc) is 2.19. The van der Waals surface area contributed by atoms with Crippen LogP contribution in [0.4, 0.5) is 0 Å². The Balaban J connectivity index is 1.83. The zero-order valence-electron chi connectivity index (χ0n) is 8.66.